The molecule has 1 aromatic rings. The number of esters is 1. The monoisotopic (exact) mass is 309 g/mol. The highest BCUT2D eigenvalue weighted by Crippen LogP contribution is 2.42. The average molecular weight is 309 g/mol. The number of ether oxygens (including phenoxy) is 3. The number of aliphatic hydroxyl groups is 1. The van der Waals surface area contributed by atoms with Crippen LogP contribution in [0, 0.1) is 0 Å². The van der Waals surface area contributed by atoms with Crippen LogP contribution in [0.25, 0.3) is 0 Å². The number of aliphatic hydroxyl groups excluding tert-OH is 1. The lowest BCUT2D eigenvalue weighted by Gasteiger charge is -2.34. The minimum atomic E-state index is -0.751. The number of fused-ring (bicyclic) bond motifs is 1. The maximum absolute atomic E-state index is 12.3. The Kier molecular flexibility index (Phi) is 4.87. The van der Waals surface area contributed by atoms with Crippen LogP contribution in [0.3, 0.4) is 0 Å². The van der Waals surface area contributed by atoms with Gasteiger partial charge in [0.25, 0.3) is 5.91 Å². The van der Waals surface area contributed by atoms with Crippen LogP contribution in [0.2, 0.25) is 0 Å². The highest BCUT2D eigenvalue weighted by Gasteiger charge is 2.37. The van der Waals surface area contributed by atoms with E-state index >= 15 is 0 Å². The van der Waals surface area contributed by atoms with Crippen LogP contribution in [0.1, 0.15) is 18.9 Å². The number of carbonyl (C=O) groups is 2. The topological polar surface area (TPSA) is 85.3 Å². The molecule has 0 aromatic heterocycles. The summed E-state index contributed by atoms with van der Waals surface area (Å²) in [4.78, 5) is 25.6. The predicted octanol–water partition coefficient (Wildman–Crippen LogP) is 0.864. The molecule has 1 aliphatic rings. The van der Waals surface area contributed by atoms with Crippen molar-refractivity contribution in [3.63, 3.8) is 0 Å². The van der Waals surface area contributed by atoms with Crippen molar-refractivity contribution in [1.29, 1.82) is 0 Å². The van der Waals surface area contributed by atoms with Crippen LogP contribution < -0.4 is 14.4 Å². The van der Waals surface area contributed by atoms with Crippen molar-refractivity contribution < 1.29 is 28.9 Å². The molecule has 1 aliphatic heterocycles. The molecule has 0 saturated carbocycles. The molecule has 1 aromatic carbocycles. The molecule has 7 heteroatoms. The van der Waals surface area contributed by atoms with Gasteiger partial charge in [-0.2, -0.15) is 0 Å². The highest BCUT2D eigenvalue weighted by molar-refractivity contribution is 6.03. The maximum Gasteiger partial charge on any atom is 0.328 e. The normalized spacial score (nSPS) is 14.9. The summed E-state index contributed by atoms with van der Waals surface area (Å²) in [6.07, 6.45) is 0.392. The fraction of sp³-hybridized carbons (Fsp3) is 0.467. The molecule has 0 spiro atoms. The van der Waals surface area contributed by atoms with Crippen molar-refractivity contribution in [2.24, 2.45) is 0 Å². The number of carbonyl (C=O) groups excluding carboxylic acids is 2. The van der Waals surface area contributed by atoms with Crippen LogP contribution in [0.4, 0.5) is 5.69 Å². The molecule has 1 heterocycles. The predicted molar refractivity (Wildman–Crippen MR) is 78.0 cm³/mol. The van der Waals surface area contributed by atoms with Crippen LogP contribution >= 0.6 is 0 Å². The third-order valence-corrected chi connectivity index (χ3v) is 3.54. The van der Waals surface area contributed by atoms with E-state index in [4.69, 9.17) is 14.2 Å². The fourth-order valence-electron chi connectivity index (χ4n) is 2.48. The number of rotatable bonds is 5. The van der Waals surface area contributed by atoms with Crippen molar-refractivity contribution in [1.82, 2.24) is 0 Å². The third kappa shape index (κ3) is 2.71. The molecule has 2 rings (SSSR count). The van der Waals surface area contributed by atoms with E-state index in [-0.39, 0.29) is 19.1 Å². The standard InChI is InChI=1S/C15H19NO6/c1-4-10(15(19)21-3)16-11-5-9(7-17)6-12(20-2)14(11)22-8-13(16)18/h5-6,10,17H,4,7-8H2,1-3H3. The van der Waals surface area contributed by atoms with E-state index in [9.17, 15) is 14.7 Å². The Morgan fingerprint density at radius 1 is 1.45 bits per heavy atom. The minimum absolute atomic E-state index is 0.185. The number of methoxy groups -OCH3 is 2. The summed E-state index contributed by atoms with van der Waals surface area (Å²) >= 11 is 0. The quantitative estimate of drug-likeness (QED) is 0.812. The molecule has 0 bridgehead atoms. The molecule has 120 valence electrons. The molecular formula is C15H19NO6. The average Bonchev–Trinajstić information content (AvgIpc) is 2.55. The van der Waals surface area contributed by atoms with E-state index in [1.165, 1.54) is 19.1 Å². The maximum atomic E-state index is 12.3. The first kappa shape index (κ1) is 16.1. The van der Waals surface area contributed by atoms with Gasteiger partial charge in [0, 0.05) is 0 Å². The van der Waals surface area contributed by atoms with Gasteiger partial charge in [0.1, 0.15) is 6.04 Å². The first-order valence-electron chi connectivity index (χ1n) is 6.91. The van der Waals surface area contributed by atoms with Gasteiger partial charge in [-0.15, -0.1) is 0 Å². The van der Waals surface area contributed by atoms with Gasteiger partial charge in [-0.25, -0.2) is 4.79 Å². The zero-order valence-corrected chi connectivity index (χ0v) is 12.8. The van der Waals surface area contributed by atoms with Gasteiger partial charge < -0.3 is 19.3 Å². The summed E-state index contributed by atoms with van der Waals surface area (Å²) in [7, 11) is 2.75. The summed E-state index contributed by atoms with van der Waals surface area (Å²) < 4.78 is 15.5. The van der Waals surface area contributed by atoms with Gasteiger partial charge in [-0.3, -0.25) is 9.69 Å². The number of hydrogen-bond acceptors (Lipinski definition) is 6. The zero-order valence-electron chi connectivity index (χ0n) is 12.8. The van der Waals surface area contributed by atoms with Gasteiger partial charge >= 0.3 is 5.97 Å². The lowest BCUT2D eigenvalue weighted by atomic mass is 10.1. The fourth-order valence-corrected chi connectivity index (χ4v) is 2.48. The Morgan fingerprint density at radius 2 is 2.18 bits per heavy atom. The van der Waals surface area contributed by atoms with Crippen LogP contribution in [-0.4, -0.2) is 43.9 Å². The van der Waals surface area contributed by atoms with Crippen LogP contribution in [0.15, 0.2) is 12.1 Å². The number of amides is 1. The first-order valence-corrected chi connectivity index (χ1v) is 6.91. The van der Waals surface area contributed by atoms with E-state index < -0.39 is 12.0 Å². The van der Waals surface area contributed by atoms with Crippen molar-refractivity contribution >= 4 is 17.6 Å². The molecule has 1 atom stereocenters. The largest absolute Gasteiger partial charge is 0.493 e. The van der Waals surface area contributed by atoms with Gasteiger partial charge in [-0.1, -0.05) is 6.92 Å². The van der Waals surface area contributed by atoms with Crippen LogP contribution in [-0.2, 0) is 20.9 Å². The summed E-state index contributed by atoms with van der Waals surface area (Å²) in [6, 6.07) is 2.49. The van der Waals surface area contributed by atoms with E-state index in [2.05, 4.69) is 0 Å². The van der Waals surface area contributed by atoms with Crippen molar-refractivity contribution in [3.05, 3.63) is 17.7 Å². The number of anilines is 1. The Labute approximate surface area is 128 Å². The van der Waals surface area contributed by atoms with E-state index in [1.807, 2.05) is 0 Å². The molecule has 7 nitrogen and oxygen atoms in total. The first-order chi connectivity index (χ1) is 10.6. The second kappa shape index (κ2) is 6.65. The van der Waals surface area contributed by atoms with Gasteiger partial charge in [-0.05, 0) is 24.1 Å². The molecule has 1 N–H and O–H groups in total. The van der Waals surface area contributed by atoms with E-state index in [1.54, 1.807) is 19.1 Å². The van der Waals surface area contributed by atoms with E-state index in [0.29, 0.717) is 29.2 Å². The lowest BCUT2D eigenvalue weighted by Crippen LogP contribution is -2.49. The molecule has 0 saturated heterocycles. The summed E-state index contributed by atoms with van der Waals surface area (Å²) in [5.74, 6) is -0.0700. The molecule has 0 aliphatic carbocycles. The number of hydrogen-bond donors (Lipinski definition) is 1. The molecule has 1 unspecified atom stereocenters. The molecular weight excluding hydrogens is 290 g/mol. The summed E-state index contributed by atoms with van der Waals surface area (Å²) in [5, 5.41) is 9.37. The number of benzene rings is 1. The number of nitrogens with zero attached hydrogens (tertiary/aromatic N) is 1. The third-order valence-electron chi connectivity index (χ3n) is 3.54. The second-order valence-electron chi connectivity index (χ2n) is 4.80. The van der Waals surface area contributed by atoms with E-state index in [0.717, 1.165) is 0 Å². The Bertz CT molecular complexity index is 586. The Morgan fingerprint density at radius 3 is 2.73 bits per heavy atom. The SMILES string of the molecule is CCC(C(=O)OC)N1C(=O)COc2c(OC)cc(CO)cc21. The molecule has 22 heavy (non-hydrogen) atoms. The van der Waals surface area contributed by atoms with Crippen molar-refractivity contribution in [2.75, 3.05) is 25.7 Å². The van der Waals surface area contributed by atoms with Crippen molar-refractivity contribution in [3.8, 4) is 11.5 Å². The van der Waals surface area contributed by atoms with Gasteiger partial charge in [0.15, 0.2) is 18.1 Å². The molecule has 0 fully saturated rings. The highest BCUT2D eigenvalue weighted by atomic mass is 16.5. The smallest absolute Gasteiger partial charge is 0.328 e. The van der Waals surface area contributed by atoms with Crippen molar-refractivity contribution in [2.45, 2.75) is 26.0 Å². The Balaban J connectivity index is 2.58. The lowest BCUT2D eigenvalue weighted by molar-refractivity contribution is -0.144. The second-order valence-corrected chi connectivity index (χ2v) is 4.80. The molecule has 0 radical (unpaired) electrons. The minimum Gasteiger partial charge on any atom is -0.493 e. The Hall–Kier alpha value is -2.28. The molecule has 1 amide bonds. The van der Waals surface area contributed by atoms with Gasteiger partial charge in [0.2, 0.25) is 0 Å². The zero-order chi connectivity index (χ0) is 16.3. The van der Waals surface area contributed by atoms with Crippen LogP contribution in [0.5, 0.6) is 11.5 Å². The van der Waals surface area contributed by atoms with Gasteiger partial charge in [0.05, 0.1) is 26.5 Å². The summed E-state index contributed by atoms with van der Waals surface area (Å²) in [5.41, 5.74) is 0.954. The summed E-state index contributed by atoms with van der Waals surface area (Å²) in [6.45, 7) is 1.38.